The summed E-state index contributed by atoms with van der Waals surface area (Å²) in [7, 11) is 0. The molecule has 1 aromatic heterocycles. The topological polar surface area (TPSA) is 52.0 Å². The Morgan fingerprint density at radius 1 is 0.963 bits per heavy atom. The lowest BCUT2D eigenvalue weighted by atomic mass is 9.90. The first kappa shape index (κ1) is 17.3. The third kappa shape index (κ3) is 2.62. The number of ketones is 2. The SMILES string of the molecule is CCC(c1ccc(F)cc1)c1nc2c(n1CC)C(=O)c1ccccc1C2=O. The van der Waals surface area contributed by atoms with Crippen LogP contribution < -0.4 is 0 Å². The average molecular weight is 362 g/mol. The van der Waals surface area contributed by atoms with Gasteiger partial charge in [0.25, 0.3) is 0 Å². The van der Waals surface area contributed by atoms with Crippen molar-refractivity contribution in [1.82, 2.24) is 9.55 Å². The summed E-state index contributed by atoms with van der Waals surface area (Å²) in [5, 5.41) is 0. The summed E-state index contributed by atoms with van der Waals surface area (Å²) >= 11 is 0. The van der Waals surface area contributed by atoms with Crippen molar-refractivity contribution in [3.63, 3.8) is 0 Å². The van der Waals surface area contributed by atoms with Crippen LogP contribution in [0.3, 0.4) is 0 Å². The normalized spacial score (nSPS) is 14.0. The molecule has 1 aliphatic rings. The maximum absolute atomic E-state index is 13.3. The molecular formula is C22H19FN2O2. The number of rotatable bonds is 4. The molecule has 2 aromatic carbocycles. The third-order valence-corrected chi connectivity index (χ3v) is 5.15. The Kier molecular flexibility index (Phi) is 4.22. The molecule has 0 N–H and O–H groups in total. The molecule has 1 atom stereocenters. The van der Waals surface area contributed by atoms with Crippen molar-refractivity contribution in [2.75, 3.05) is 0 Å². The summed E-state index contributed by atoms with van der Waals surface area (Å²) in [6.45, 7) is 4.47. The summed E-state index contributed by atoms with van der Waals surface area (Å²) in [5.41, 5.74) is 2.31. The monoisotopic (exact) mass is 362 g/mol. The van der Waals surface area contributed by atoms with Gasteiger partial charge in [-0.25, -0.2) is 9.37 Å². The minimum Gasteiger partial charge on any atom is -0.324 e. The number of hydrogen-bond donors (Lipinski definition) is 0. The van der Waals surface area contributed by atoms with E-state index in [1.807, 2.05) is 18.4 Å². The minimum absolute atomic E-state index is 0.125. The van der Waals surface area contributed by atoms with Crippen molar-refractivity contribution in [2.24, 2.45) is 0 Å². The highest BCUT2D eigenvalue weighted by atomic mass is 19.1. The number of nitrogens with zero attached hydrogens (tertiary/aromatic N) is 2. The van der Waals surface area contributed by atoms with Crippen LogP contribution in [0.15, 0.2) is 48.5 Å². The van der Waals surface area contributed by atoms with Gasteiger partial charge >= 0.3 is 0 Å². The van der Waals surface area contributed by atoms with Crippen LogP contribution in [0.4, 0.5) is 4.39 Å². The van der Waals surface area contributed by atoms with Crippen molar-refractivity contribution < 1.29 is 14.0 Å². The van der Waals surface area contributed by atoms with E-state index in [0.29, 0.717) is 29.2 Å². The molecule has 136 valence electrons. The number of benzene rings is 2. The Hall–Kier alpha value is -3.08. The van der Waals surface area contributed by atoms with Crippen LogP contribution in [0.5, 0.6) is 0 Å². The molecule has 0 radical (unpaired) electrons. The predicted octanol–water partition coefficient (Wildman–Crippen LogP) is 4.36. The van der Waals surface area contributed by atoms with Gasteiger partial charge < -0.3 is 4.57 Å². The number of halogens is 1. The fraction of sp³-hybridized carbons (Fsp3) is 0.227. The molecule has 0 fully saturated rings. The summed E-state index contributed by atoms with van der Waals surface area (Å²) in [6.07, 6.45) is 0.719. The maximum Gasteiger partial charge on any atom is 0.214 e. The second-order valence-electron chi connectivity index (χ2n) is 6.63. The van der Waals surface area contributed by atoms with E-state index in [2.05, 4.69) is 4.98 Å². The van der Waals surface area contributed by atoms with Gasteiger partial charge in [0, 0.05) is 23.6 Å². The Bertz CT molecular complexity index is 1050. The molecule has 3 aromatic rings. The lowest BCUT2D eigenvalue weighted by Gasteiger charge is -2.18. The minimum atomic E-state index is -0.299. The van der Waals surface area contributed by atoms with Crippen LogP contribution in [0, 0.1) is 5.82 Å². The fourth-order valence-corrected chi connectivity index (χ4v) is 3.84. The van der Waals surface area contributed by atoms with Crippen LogP contribution in [-0.4, -0.2) is 21.1 Å². The molecule has 1 unspecified atom stereocenters. The van der Waals surface area contributed by atoms with Crippen molar-refractivity contribution in [2.45, 2.75) is 32.7 Å². The standard InChI is InChI=1S/C22H19FN2O2/c1-3-15(13-9-11-14(23)12-10-13)22-24-18-19(25(22)4-2)21(27)17-8-6-5-7-16(17)20(18)26/h5-12,15H,3-4H2,1-2H3. The van der Waals surface area contributed by atoms with Gasteiger partial charge in [0.2, 0.25) is 11.6 Å². The highest BCUT2D eigenvalue weighted by Crippen LogP contribution is 2.33. The number of imidazole rings is 1. The van der Waals surface area contributed by atoms with Gasteiger partial charge in [0.15, 0.2) is 0 Å². The average Bonchev–Trinajstić information content (AvgIpc) is 3.08. The Morgan fingerprint density at radius 2 is 1.59 bits per heavy atom. The molecule has 0 saturated heterocycles. The molecule has 0 bridgehead atoms. The molecule has 27 heavy (non-hydrogen) atoms. The fourth-order valence-electron chi connectivity index (χ4n) is 3.84. The van der Waals surface area contributed by atoms with Gasteiger partial charge in [-0.3, -0.25) is 9.59 Å². The van der Waals surface area contributed by atoms with Crippen LogP contribution in [-0.2, 0) is 6.54 Å². The zero-order valence-corrected chi connectivity index (χ0v) is 15.2. The lowest BCUT2D eigenvalue weighted by Crippen LogP contribution is -2.23. The van der Waals surface area contributed by atoms with E-state index in [1.54, 1.807) is 36.4 Å². The van der Waals surface area contributed by atoms with E-state index in [4.69, 9.17) is 0 Å². The maximum atomic E-state index is 13.3. The zero-order chi connectivity index (χ0) is 19.1. The summed E-state index contributed by atoms with van der Waals surface area (Å²) in [4.78, 5) is 30.6. The Morgan fingerprint density at radius 3 is 2.19 bits per heavy atom. The number of carbonyl (C=O) groups is 2. The predicted molar refractivity (Wildman–Crippen MR) is 99.7 cm³/mol. The third-order valence-electron chi connectivity index (χ3n) is 5.15. The summed E-state index contributed by atoms with van der Waals surface area (Å²) in [6, 6.07) is 13.2. The molecular weight excluding hydrogens is 343 g/mol. The van der Waals surface area contributed by atoms with Gasteiger partial charge in [-0.2, -0.15) is 0 Å². The van der Waals surface area contributed by atoms with E-state index in [0.717, 1.165) is 12.0 Å². The smallest absolute Gasteiger partial charge is 0.214 e. The van der Waals surface area contributed by atoms with Gasteiger partial charge in [-0.05, 0) is 31.0 Å². The molecule has 4 rings (SSSR count). The van der Waals surface area contributed by atoms with Crippen molar-refractivity contribution in [1.29, 1.82) is 0 Å². The quantitative estimate of drug-likeness (QED) is 0.542. The molecule has 1 aliphatic carbocycles. The number of fused-ring (bicyclic) bond motifs is 2. The zero-order valence-electron chi connectivity index (χ0n) is 15.2. The lowest BCUT2D eigenvalue weighted by molar-refractivity contribution is 0.0971. The summed E-state index contributed by atoms with van der Waals surface area (Å²) < 4.78 is 15.2. The molecule has 0 amide bonds. The molecule has 0 saturated carbocycles. The molecule has 0 spiro atoms. The second kappa shape index (κ2) is 6.58. The molecule has 5 heteroatoms. The first-order chi connectivity index (χ1) is 13.1. The molecule has 4 nitrogen and oxygen atoms in total. The first-order valence-corrected chi connectivity index (χ1v) is 9.11. The van der Waals surface area contributed by atoms with Crippen LogP contribution >= 0.6 is 0 Å². The van der Waals surface area contributed by atoms with E-state index >= 15 is 0 Å². The van der Waals surface area contributed by atoms with Gasteiger partial charge in [0.05, 0.1) is 0 Å². The Balaban J connectivity index is 1.90. The van der Waals surface area contributed by atoms with Crippen LogP contribution in [0.1, 0.15) is 69.7 Å². The molecule has 1 heterocycles. The van der Waals surface area contributed by atoms with Gasteiger partial charge in [-0.15, -0.1) is 0 Å². The van der Waals surface area contributed by atoms with E-state index < -0.39 is 0 Å². The van der Waals surface area contributed by atoms with Gasteiger partial charge in [0.1, 0.15) is 23.0 Å². The number of aromatic nitrogens is 2. The van der Waals surface area contributed by atoms with Crippen molar-refractivity contribution >= 4 is 11.6 Å². The highest BCUT2D eigenvalue weighted by Gasteiger charge is 2.36. The largest absolute Gasteiger partial charge is 0.324 e. The van der Waals surface area contributed by atoms with Crippen molar-refractivity contribution in [3.8, 4) is 0 Å². The van der Waals surface area contributed by atoms with Crippen LogP contribution in [0.25, 0.3) is 0 Å². The van der Waals surface area contributed by atoms with E-state index in [9.17, 15) is 14.0 Å². The molecule has 0 aliphatic heterocycles. The van der Waals surface area contributed by atoms with Gasteiger partial charge in [-0.1, -0.05) is 43.3 Å². The van der Waals surface area contributed by atoms with Crippen LogP contribution in [0.2, 0.25) is 0 Å². The Labute approximate surface area is 156 Å². The van der Waals surface area contributed by atoms with E-state index in [1.165, 1.54) is 12.1 Å². The number of hydrogen-bond acceptors (Lipinski definition) is 3. The van der Waals surface area contributed by atoms with E-state index in [-0.39, 0.29) is 29.0 Å². The first-order valence-electron chi connectivity index (χ1n) is 9.11. The van der Waals surface area contributed by atoms with Crippen molar-refractivity contribution in [3.05, 3.63) is 88.3 Å². The summed E-state index contributed by atoms with van der Waals surface area (Å²) in [5.74, 6) is -0.143. The second-order valence-corrected chi connectivity index (χ2v) is 6.63. The number of carbonyl (C=O) groups excluding carboxylic acids is 2. The highest BCUT2D eigenvalue weighted by molar-refractivity contribution is 6.27.